The Kier molecular flexibility index (Phi) is 3.22. The van der Waals surface area contributed by atoms with Gasteiger partial charge in [-0.15, -0.1) is 0 Å². The van der Waals surface area contributed by atoms with Gasteiger partial charge in [0, 0.05) is 24.8 Å². The summed E-state index contributed by atoms with van der Waals surface area (Å²) in [6.07, 6.45) is 5.29. The van der Waals surface area contributed by atoms with Gasteiger partial charge in [0.15, 0.2) is 0 Å². The fraction of sp³-hybridized carbons (Fsp3) is 0.538. The van der Waals surface area contributed by atoms with Gasteiger partial charge in [0.1, 0.15) is 5.75 Å². The van der Waals surface area contributed by atoms with Gasteiger partial charge in [-0.2, -0.15) is 0 Å². The Labute approximate surface area is 97.2 Å². The molecule has 0 amide bonds. The van der Waals surface area contributed by atoms with Gasteiger partial charge in [-0.1, -0.05) is 12.8 Å². The SMILES string of the molecule is COc1cc(N(C)C2CCCC2)ccc1N. The van der Waals surface area contributed by atoms with E-state index in [1.54, 1.807) is 7.11 Å². The standard InChI is InChI=1S/C13H20N2O/c1-15(10-5-3-4-6-10)11-7-8-12(14)13(9-11)16-2/h7-10H,3-6,14H2,1-2H3. The lowest BCUT2D eigenvalue weighted by Gasteiger charge is -2.27. The minimum absolute atomic E-state index is 0.674. The number of nitrogens with two attached hydrogens (primary N) is 1. The van der Waals surface area contributed by atoms with Crippen molar-refractivity contribution in [2.45, 2.75) is 31.7 Å². The van der Waals surface area contributed by atoms with Crippen molar-refractivity contribution in [2.75, 3.05) is 24.8 Å². The average Bonchev–Trinajstić information content (AvgIpc) is 2.82. The number of benzene rings is 1. The fourth-order valence-corrected chi connectivity index (χ4v) is 2.42. The zero-order valence-corrected chi connectivity index (χ0v) is 10.1. The predicted molar refractivity (Wildman–Crippen MR) is 68.1 cm³/mol. The highest BCUT2D eigenvalue weighted by atomic mass is 16.5. The summed E-state index contributed by atoms with van der Waals surface area (Å²) in [6.45, 7) is 0. The monoisotopic (exact) mass is 220 g/mol. The first-order chi connectivity index (χ1) is 7.72. The Morgan fingerprint density at radius 1 is 1.31 bits per heavy atom. The van der Waals surface area contributed by atoms with Gasteiger partial charge >= 0.3 is 0 Å². The molecule has 1 saturated carbocycles. The Morgan fingerprint density at radius 2 is 2.00 bits per heavy atom. The largest absolute Gasteiger partial charge is 0.495 e. The van der Waals surface area contributed by atoms with Crippen LogP contribution in [0, 0.1) is 0 Å². The van der Waals surface area contributed by atoms with E-state index in [1.807, 2.05) is 12.1 Å². The van der Waals surface area contributed by atoms with Crippen molar-refractivity contribution in [3.8, 4) is 5.75 Å². The quantitative estimate of drug-likeness (QED) is 0.796. The Balaban J connectivity index is 2.19. The molecule has 2 rings (SSSR count). The summed E-state index contributed by atoms with van der Waals surface area (Å²) in [5.74, 6) is 0.766. The van der Waals surface area contributed by atoms with Gasteiger partial charge in [0.05, 0.1) is 12.8 Å². The molecule has 16 heavy (non-hydrogen) atoms. The van der Waals surface area contributed by atoms with Crippen LogP contribution in [-0.2, 0) is 0 Å². The maximum Gasteiger partial charge on any atom is 0.143 e. The number of hydrogen-bond donors (Lipinski definition) is 1. The van der Waals surface area contributed by atoms with Gasteiger partial charge in [-0.25, -0.2) is 0 Å². The average molecular weight is 220 g/mol. The maximum atomic E-state index is 5.81. The molecular weight excluding hydrogens is 200 g/mol. The van der Waals surface area contributed by atoms with Crippen molar-refractivity contribution in [1.29, 1.82) is 0 Å². The zero-order chi connectivity index (χ0) is 11.5. The molecule has 0 aromatic heterocycles. The van der Waals surface area contributed by atoms with Crippen molar-refractivity contribution in [3.63, 3.8) is 0 Å². The summed E-state index contributed by atoms with van der Waals surface area (Å²) in [4.78, 5) is 2.34. The molecule has 0 heterocycles. The van der Waals surface area contributed by atoms with Crippen LogP contribution in [0.2, 0.25) is 0 Å². The van der Waals surface area contributed by atoms with Gasteiger partial charge in [0.2, 0.25) is 0 Å². The highest BCUT2D eigenvalue weighted by Crippen LogP contribution is 2.31. The molecule has 0 spiro atoms. The van der Waals surface area contributed by atoms with Crippen molar-refractivity contribution in [2.24, 2.45) is 0 Å². The van der Waals surface area contributed by atoms with Crippen LogP contribution in [0.1, 0.15) is 25.7 Å². The van der Waals surface area contributed by atoms with Crippen LogP contribution in [0.3, 0.4) is 0 Å². The number of nitrogens with zero attached hydrogens (tertiary/aromatic N) is 1. The van der Waals surface area contributed by atoms with Gasteiger partial charge in [-0.3, -0.25) is 0 Å². The van der Waals surface area contributed by atoms with Crippen LogP contribution in [0.5, 0.6) is 5.75 Å². The molecule has 1 fully saturated rings. The van der Waals surface area contributed by atoms with E-state index in [1.165, 1.54) is 31.4 Å². The molecule has 0 bridgehead atoms. The van der Waals surface area contributed by atoms with Crippen molar-refractivity contribution in [3.05, 3.63) is 18.2 Å². The van der Waals surface area contributed by atoms with Gasteiger partial charge < -0.3 is 15.4 Å². The number of ether oxygens (including phenoxy) is 1. The van der Waals surface area contributed by atoms with Crippen LogP contribution < -0.4 is 15.4 Å². The summed E-state index contributed by atoms with van der Waals surface area (Å²) in [6, 6.07) is 6.68. The second kappa shape index (κ2) is 4.64. The highest BCUT2D eigenvalue weighted by Gasteiger charge is 2.20. The third kappa shape index (κ3) is 2.08. The van der Waals surface area contributed by atoms with Gasteiger partial charge in [0.25, 0.3) is 0 Å². The van der Waals surface area contributed by atoms with E-state index in [2.05, 4.69) is 18.0 Å². The number of anilines is 2. The van der Waals surface area contributed by atoms with Crippen LogP contribution >= 0.6 is 0 Å². The Morgan fingerprint density at radius 3 is 2.62 bits per heavy atom. The molecule has 0 unspecified atom stereocenters. The minimum Gasteiger partial charge on any atom is -0.495 e. The third-order valence-corrected chi connectivity index (χ3v) is 3.50. The molecule has 88 valence electrons. The van der Waals surface area contributed by atoms with E-state index in [0.29, 0.717) is 11.7 Å². The van der Waals surface area contributed by atoms with E-state index >= 15 is 0 Å². The lowest BCUT2D eigenvalue weighted by atomic mass is 10.2. The highest BCUT2D eigenvalue weighted by molar-refractivity contribution is 5.62. The maximum absolute atomic E-state index is 5.81. The zero-order valence-electron chi connectivity index (χ0n) is 10.1. The van der Waals surface area contributed by atoms with Crippen LogP contribution in [0.25, 0.3) is 0 Å². The number of methoxy groups -OCH3 is 1. The molecule has 0 atom stereocenters. The van der Waals surface area contributed by atoms with Crippen molar-refractivity contribution in [1.82, 2.24) is 0 Å². The first-order valence-corrected chi connectivity index (χ1v) is 5.88. The molecule has 3 nitrogen and oxygen atoms in total. The second-order valence-corrected chi connectivity index (χ2v) is 4.48. The summed E-state index contributed by atoms with van der Waals surface area (Å²) < 4.78 is 5.25. The fourth-order valence-electron chi connectivity index (χ4n) is 2.42. The summed E-state index contributed by atoms with van der Waals surface area (Å²) >= 11 is 0. The Hall–Kier alpha value is -1.38. The number of rotatable bonds is 3. The molecule has 1 aromatic carbocycles. The van der Waals surface area contributed by atoms with E-state index in [-0.39, 0.29) is 0 Å². The molecule has 1 aromatic rings. The molecular formula is C13H20N2O. The molecule has 2 N–H and O–H groups in total. The summed E-state index contributed by atoms with van der Waals surface area (Å²) in [5, 5.41) is 0. The lowest BCUT2D eigenvalue weighted by Crippen LogP contribution is -2.28. The first kappa shape index (κ1) is 11.1. The van der Waals surface area contributed by atoms with Crippen LogP contribution in [0.15, 0.2) is 18.2 Å². The van der Waals surface area contributed by atoms with Crippen LogP contribution in [0.4, 0.5) is 11.4 Å². The normalized spacial score (nSPS) is 16.4. The van der Waals surface area contributed by atoms with Crippen molar-refractivity contribution >= 4 is 11.4 Å². The summed E-state index contributed by atoms with van der Waals surface area (Å²) in [5.41, 5.74) is 7.70. The molecule has 1 aliphatic carbocycles. The van der Waals surface area contributed by atoms with E-state index < -0.39 is 0 Å². The molecule has 0 aliphatic heterocycles. The smallest absolute Gasteiger partial charge is 0.143 e. The third-order valence-electron chi connectivity index (χ3n) is 3.50. The number of nitrogen functional groups attached to an aromatic ring is 1. The van der Waals surface area contributed by atoms with E-state index in [9.17, 15) is 0 Å². The Bertz CT molecular complexity index is 359. The van der Waals surface area contributed by atoms with E-state index in [4.69, 9.17) is 10.5 Å². The topological polar surface area (TPSA) is 38.5 Å². The molecule has 3 heteroatoms. The first-order valence-electron chi connectivity index (χ1n) is 5.88. The van der Waals surface area contributed by atoms with E-state index in [0.717, 1.165) is 5.75 Å². The molecule has 0 saturated heterocycles. The summed E-state index contributed by atoms with van der Waals surface area (Å²) in [7, 11) is 3.81. The molecule has 0 radical (unpaired) electrons. The van der Waals surface area contributed by atoms with Gasteiger partial charge in [-0.05, 0) is 25.0 Å². The predicted octanol–water partition coefficient (Wildman–Crippen LogP) is 2.66. The minimum atomic E-state index is 0.674. The second-order valence-electron chi connectivity index (χ2n) is 4.48. The van der Waals surface area contributed by atoms with Crippen LogP contribution in [-0.4, -0.2) is 20.2 Å². The van der Waals surface area contributed by atoms with Crippen molar-refractivity contribution < 1.29 is 4.74 Å². The number of hydrogen-bond acceptors (Lipinski definition) is 3. The lowest BCUT2D eigenvalue weighted by molar-refractivity contribution is 0.417. The molecule has 1 aliphatic rings.